The molecule has 0 saturated heterocycles. The van der Waals surface area contributed by atoms with E-state index < -0.39 is 12.0 Å². The summed E-state index contributed by atoms with van der Waals surface area (Å²) in [7, 11) is 3.07. The third kappa shape index (κ3) is 2.90. The number of aromatic nitrogens is 1. The van der Waals surface area contributed by atoms with Gasteiger partial charge in [-0.2, -0.15) is 4.73 Å². The lowest BCUT2D eigenvalue weighted by Gasteiger charge is -2.15. The van der Waals surface area contributed by atoms with E-state index in [1.807, 2.05) is 0 Å². The number of halogens is 1. The van der Waals surface area contributed by atoms with Gasteiger partial charge in [-0.05, 0) is 22.0 Å². The molecular formula is C9H11BrN2O3. The van der Waals surface area contributed by atoms with Gasteiger partial charge in [0.1, 0.15) is 0 Å². The molecule has 15 heavy (non-hydrogen) atoms. The van der Waals surface area contributed by atoms with E-state index in [0.717, 1.165) is 6.20 Å². The number of hydrogen-bond acceptors (Lipinski definition) is 3. The summed E-state index contributed by atoms with van der Waals surface area (Å²) in [5.74, 6) is -0.465. The van der Waals surface area contributed by atoms with E-state index in [0.29, 0.717) is 9.20 Å². The second-order valence-electron chi connectivity index (χ2n) is 3.28. The van der Waals surface area contributed by atoms with E-state index in [1.165, 1.54) is 31.3 Å². The summed E-state index contributed by atoms with van der Waals surface area (Å²) in [6.07, 6.45) is 1.14. The first-order chi connectivity index (χ1) is 6.91. The molecule has 1 rings (SSSR count). The van der Waals surface area contributed by atoms with E-state index in [2.05, 4.69) is 15.9 Å². The molecule has 82 valence electrons. The molecule has 0 aliphatic heterocycles. The van der Waals surface area contributed by atoms with Crippen molar-refractivity contribution in [3.05, 3.63) is 33.7 Å². The van der Waals surface area contributed by atoms with Crippen LogP contribution in [0.25, 0.3) is 0 Å². The molecule has 0 aliphatic rings. The van der Waals surface area contributed by atoms with Crippen LogP contribution >= 0.6 is 15.9 Å². The van der Waals surface area contributed by atoms with Crippen LogP contribution in [0, 0.1) is 5.21 Å². The highest BCUT2D eigenvalue weighted by molar-refractivity contribution is 9.10. The third-order valence-electron chi connectivity index (χ3n) is 1.82. The predicted molar refractivity (Wildman–Crippen MR) is 56.8 cm³/mol. The molecular weight excluding hydrogens is 264 g/mol. The van der Waals surface area contributed by atoms with Crippen LogP contribution in [0.2, 0.25) is 0 Å². The molecule has 0 radical (unpaired) electrons. The minimum Gasteiger partial charge on any atom is -0.619 e. The van der Waals surface area contributed by atoms with Gasteiger partial charge in [-0.25, -0.2) is 0 Å². The molecule has 5 nitrogen and oxygen atoms in total. The summed E-state index contributed by atoms with van der Waals surface area (Å²) in [5.41, 5.74) is 0.262. The Morgan fingerprint density at radius 1 is 1.60 bits per heavy atom. The molecule has 1 atom stereocenters. The van der Waals surface area contributed by atoms with Crippen molar-refractivity contribution < 1.29 is 14.6 Å². The number of amides is 1. The van der Waals surface area contributed by atoms with Crippen LogP contribution < -0.4 is 4.73 Å². The van der Waals surface area contributed by atoms with Crippen LogP contribution in [0.4, 0.5) is 0 Å². The zero-order valence-electron chi connectivity index (χ0n) is 8.35. The van der Waals surface area contributed by atoms with Crippen molar-refractivity contribution in [2.75, 3.05) is 14.1 Å². The lowest BCUT2D eigenvalue weighted by atomic mass is 10.1. The number of pyridine rings is 1. The molecule has 0 aliphatic carbocycles. The molecule has 6 heteroatoms. The first-order valence-electron chi connectivity index (χ1n) is 4.20. The highest BCUT2D eigenvalue weighted by Crippen LogP contribution is 2.17. The normalized spacial score (nSPS) is 12.3. The van der Waals surface area contributed by atoms with E-state index in [9.17, 15) is 15.1 Å². The predicted octanol–water partition coefficient (Wildman–Crippen LogP) is 0.204. The van der Waals surface area contributed by atoms with Crippen LogP contribution in [0.1, 0.15) is 11.7 Å². The van der Waals surface area contributed by atoms with Gasteiger partial charge in [0.2, 0.25) is 0 Å². The molecule has 0 saturated carbocycles. The van der Waals surface area contributed by atoms with Crippen molar-refractivity contribution in [2.45, 2.75) is 6.10 Å². The number of aliphatic hydroxyl groups is 1. The molecule has 1 unspecified atom stereocenters. The van der Waals surface area contributed by atoms with Gasteiger partial charge in [0, 0.05) is 14.1 Å². The fourth-order valence-electron chi connectivity index (χ4n) is 1.08. The summed E-state index contributed by atoms with van der Waals surface area (Å²) >= 11 is 3.11. The average molecular weight is 275 g/mol. The van der Waals surface area contributed by atoms with Crippen molar-refractivity contribution in [3.63, 3.8) is 0 Å². The number of likely N-dealkylation sites (N-methyl/N-ethyl adjacent to an activating group) is 1. The minimum atomic E-state index is -1.31. The number of carbonyl (C=O) groups excluding carboxylic acids is 1. The van der Waals surface area contributed by atoms with E-state index in [4.69, 9.17) is 0 Å². The monoisotopic (exact) mass is 274 g/mol. The maximum Gasteiger partial charge on any atom is 0.255 e. The third-order valence-corrected chi connectivity index (χ3v) is 2.26. The second-order valence-corrected chi connectivity index (χ2v) is 4.20. The maximum absolute atomic E-state index is 11.4. The average Bonchev–Trinajstić information content (AvgIpc) is 2.13. The van der Waals surface area contributed by atoms with Gasteiger partial charge in [-0.1, -0.05) is 0 Å². The minimum absolute atomic E-state index is 0.262. The van der Waals surface area contributed by atoms with E-state index >= 15 is 0 Å². The topological polar surface area (TPSA) is 67.5 Å². The standard InChI is InChI=1S/C9H11BrN2O3/c1-11(2)9(14)8(13)6-3-7(10)5-12(15)4-6/h3-5,8,13H,1-2H3. The maximum atomic E-state index is 11.4. The summed E-state index contributed by atoms with van der Waals surface area (Å²) < 4.78 is 1.05. The van der Waals surface area contributed by atoms with Crippen LogP contribution in [-0.4, -0.2) is 30.0 Å². The lowest BCUT2D eigenvalue weighted by molar-refractivity contribution is -0.606. The Labute approximate surface area is 95.7 Å². The first-order valence-corrected chi connectivity index (χ1v) is 4.99. The van der Waals surface area contributed by atoms with Gasteiger partial charge in [0.25, 0.3) is 5.91 Å². The molecule has 1 heterocycles. The fourth-order valence-corrected chi connectivity index (χ4v) is 1.54. The van der Waals surface area contributed by atoms with Gasteiger partial charge in [-0.3, -0.25) is 4.79 Å². The molecule has 1 aromatic heterocycles. The lowest BCUT2D eigenvalue weighted by Crippen LogP contribution is -2.31. The van der Waals surface area contributed by atoms with E-state index in [-0.39, 0.29) is 5.56 Å². The summed E-state index contributed by atoms with van der Waals surface area (Å²) in [4.78, 5) is 12.7. The van der Waals surface area contributed by atoms with Gasteiger partial charge in [0.15, 0.2) is 18.5 Å². The second kappa shape index (κ2) is 4.59. The van der Waals surface area contributed by atoms with Crippen LogP contribution in [0.3, 0.4) is 0 Å². The number of carbonyl (C=O) groups is 1. The van der Waals surface area contributed by atoms with Crippen LogP contribution in [0.5, 0.6) is 0 Å². The van der Waals surface area contributed by atoms with Gasteiger partial charge < -0.3 is 15.2 Å². The summed E-state index contributed by atoms with van der Waals surface area (Å²) in [6.45, 7) is 0. The molecule has 0 spiro atoms. The largest absolute Gasteiger partial charge is 0.619 e. The first kappa shape index (κ1) is 11.9. The molecule has 1 aromatic rings. The van der Waals surface area contributed by atoms with Gasteiger partial charge in [-0.15, -0.1) is 0 Å². The smallest absolute Gasteiger partial charge is 0.255 e. The van der Waals surface area contributed by atoms with Crippen molar-refractivity contribution >= 4 is 21.8 Å². The van der Waals surface area contributed by atoms with Crippen molar-refractivity contribution in [2.24, 2.45) is 0 Å². The molecule has 1 amide bonds. The number of nitrogens with zero attached hydrogens (tertiary/aromatic N) is 2. The Balaban J connectivity index is 3.00. The Morgan fingerprint density at radius 3 is 2.67 bits per heavy atom. The Bertz CT molecular complexity index is 361. The number of aliphatic hydroxyl groups excluding tert-OH is 1. The zero-order valence-corrected chi connectivity index (χ0v) is 9.93. The van der Waals surface area contributed by atoms with Crippen LogP contribution in [-0.2, 0) is 4.79 Å². The Hall–Kier alpha value is -1.14. The van der Waals surface area contributed by atoms with Gasteiger partial charge in [0.05, 0.1) is 10.0 Å². The Kier molecular flexibility index (Phi) is 3.65. The molecule has 1 N–H and O–H groups in total. The highest BCUT2D eigenvalue weighted by Gasteiger charge is 2.21. The molecule has 0 aromatic carbocycles. The van der Waals surface area contributed by atoms with Crippen molar-refractivity contribution in [1.82, 2.24) is 4.90 Å². The summed E-state index contributed by atoms with van der Waals surface area (Å²) in [5, 5.41) is 20.7. The van der Waals surface area contributed by atoms with Gasteiger partial charge >= 0.3 is 0 Å². The molecule has 0 fully saturated rings. The number of rotatable bonds is 2. The zero-order chi connectivity index (χ0) is 11.6. The Morgan fingerprint density at radius 2 is 2.20 bits per heavy atom. The van der Waals surface area contributed by atoms with Crippen molar-refractivity contribution in [1.29, 1.82) is 0 Å². The van der Waals surface area contributed by atoms with E-state index in [1.54, 1.807) is 0 Å². The number of hydrogen-bond donors (Lipinski definition) is 1. The highest BCUT2D eigenvalue weighted by atomic mass is 79.9. The summed E-state index contributed by atoms with van der Waals surface area (Å²) in [6, 6.07) is 1.53. The fraction of sp³-hybridized carbons (Fsp3) is 0.333. The molecule has 0 bridgehead atoms. The quantitative estimate of drug-likeness (QED) is 0.619. The van der Waals surface area contributed by atoms with Crippen LogP contribution in [0.15, 0.2) is 22.9 Å². The van der Waals surface area contributed by atoms with Crippen molar-refractivity contribution in [3.8, 4) is 0 Å². The SMILES string of the molecule is CN(C)C(=O)C(O)c1cc(Br)c[n+]([O-])c1.